The smallest absolute Gasteiger partial charge is 0.142 e. The van der Waals surface area contributed by atoms with E-state index in [1.165, 1.54) is 6.42 Å². The van der Waals surface area contributed by atoms with Gasteiger partial charge >= 0.3 is 0 Å². The Morgan fingerprint density at radius 3 is 2.44 bits per heavy atom. The van der Waals surface area contributed by atoms with E-state index in [1.54, 1.807) is 0 Å². The van der Waals surface area contributed by atoms with Gasteiger partial charge in [0.05, 0.1) is 0 Å². The summed E-state index contributed by atoms with van der Waals surface area (Å²) in [6, 6.07) is 0. The Labute approximate surface area is 57.4 Å². The molecule has 0 aromatic carbocycles. The van der Waals surface area contributed by atoms with Crippen molar-refractivity contribution in [1.29, 1.82) is 0 Å². The highest BCUT2D eigenvalue weighted by Gasteiger charge is 1.92. The van der Waals surface area contributed by atoms with E-state index in [2.05, 4.69) is 6.92 Å². The molecule has 0 aromatic rings. The van der Waals surface area contributed by atoms with Crippen LogP contribution in [0.1, 0.15) is 39.5 Å². The molecule has 0 saturated carbocycles. The van der Waals surface area contributed by atoms with Crippen molar-refractivity contribution in [3.63, 3.8) is 0 Å². The third-order valence-electron chi connectivity index (χ3n) is 1.47. The van der Waals surface area contributed by atoms with E-state index < -0.39 is 0 Å². The van der Waals surface area contributed by atoms with Gasteiger partial charge in [-0.05, 0) is 24.8 Å². The number of hydrogen-bond donors (Lipinski definition) is 0. The second-order valence-corrected chi connectivity index (χ2v) is 2.23. The first-order valence-corrected chi connectivity index (χ1v) is 3.65. The van der Waals surface area contributed by atoms with Crippen molar-refractivity contribution >= 4 is 0 Å². The fourth-order valence-electron chi connectivity index (χ4n) is 0.723. The molecule has 0 heterocycles. The Kier molecular flexibility index (Phi) is 5.38. The van der Waals surface area contributed by atoms with Crippen LogP contribution in [0.15, 0.2) is 11.8 Å². The molecule has 0 N–H and O–H groups in total. The van der Waals surface area contributed by atoms with Crippen molar-refractivity contribution in [2.24, 2.45) is 0 Å². The molecule has 1 nitrogen and oxygen atoms in total. The van der Waals surface area contributed by atoms with Gasteiger partial charge in [-0.1, -0.05) is 20.3 Å². The summed E-state index contributed by atoms with van der Waals surface area (Å²) in [7, 11) is 0. The monoisotopic (exact) mass is 127 g/mol. The first-order chi connectivity index (χ1) is 4.35. The first kappa shape index (κ1) is 8.54. The van der Waals surface area contributed by atoms with Gasteiger partial charge in [-0.3, -0.25) is 5.11 Å². The molecule has 0 atom stereocenters. The van der Waals surface area contributed by atoms with Crippen molar-refractivity contribution in [1.82, 2.24) is 0 Å². The quantitative estimate of drug-likeness (QED) is 0.517. The predicted octanol–water partition coefficient (Wildman–Crippen LogP) is 2.90. The van der Waals surface area contributed by atoms with Crippen LogP contribution in [0.4, 0.5) is 0 Å². The molecule has 0 aromatic heterocycles. The van der Waals surface area contributed by atoms with Gasteiger partial charge in [0.1, 0.15) is 6.26 Å². The summed E-state index contributed by atoms with van der Waals surface area (Å²) in [5, 5.41) is 10.2. The average molecular weight is 127 g/mol. The lowest BCUT2D eigenvalue weighted by Crippen LogP contribution is -1.80. The lowest BCUT2D eigenvalue weighted by atomic mass is 10.1. The Balaban J connectivity index is 3.33. The largest absolute Gasteiger partial charge is 0.299 e. The Morgan fingerprint density at radius 1 is 1.44 bits per heavy atom. The van der Waals surface area contributed by atoms with Gasteiger partial charge in [-0.2, -0.15) is 0 Å². The lowest BCUT2D eigenvalue weighted by molar-refractivity contribution is 0.343. The molecule has 0 aliphatic heterocycles. The van der Waals surface area contributed by atoms with Crippen molar-refractivity contribution in [3.8, 4) is 0 Å². The highest BCUT2D eigenvalue weighted by molar-refractivity contribution is 4.95. The Morgan fingerprint density at radius 2 is 2.11 bits per heavy atom. The summed E-state index contributed by atoms with van der Waals surface area (Å²) in [4.78, 5) is 0. The Hall–Kier alpha value is -0.460. The standard InChI is InChI=1S/C8H15O/c1-3-5-6-8(4-2)7-9/h7H,3-6H2,1-2H3/b8-7+. The van der Waals surface area contributed by atoms with E-state index in [1.807, 2.05) is 6.92 Å². The SMILES string of the molecule is CCCC/C(=C/[O])CC. The number of unbranched alkanes of at least 4 members (excludes halogenated alkanes) is 1. The van der Waals surface area contributed by atoms with Crippen LogP contribution in [0.5, 0.6) is 0 Å². The van der Waals surface area contributed by atoms with Crippen molar-refractivity contribution < 1.29 is 5.11 Å². The van der Waals surface area contributed by atoms with E-state index in [9.17, 15) is 5.11 Å². The van der Waals surface area contributed by atoms with Gasteiger partial charge in [0.2, 0.25) is 0 Å². The number of rotatable bonds is 4. The van der Waals surface area contributed by atoms with Gasteiger partial charge in [0.15, 0.2) is 0 Å². The molecule has 0 fully saturated rings. The molecule has 1 radical (unpaired) electrons. The highest BCUT2D eigenvalue weighted by atomic mass is 16.2. The van der Waals surface area contributed by atoms with E-state index in [0.717, 1.165) is 31.1 Å². The van der Waals surface area contributed by atoms with Gasteiger partial charge < -0.3 is 0 Å². The zero-order valence-electron chi connectivity index (χ0n) is 6.31. The molecule has 0 aliphatic rings. The molecule has 0 amide bonds. The van der Waals surface area contributed by atoms with Crippen LogP contribution in [0, 0.1) is 0 Å². The third-order valence-corrected chi connectivity index (χ3v) is 1.47. The van der Waals surface area contributed by atoms with E-state index >= 15 is 0 Å². The summed E-state index contributed by atoms with van der Waals surface area (Å²) < 4.78 is 0. The predicted molar refractivity (Wildman–Crippen MR) is 38.6 cm³/mol. The van der Waals surface area contributed by atoms with Crippen LogP contribution in [0.2, 0.25) is 0 Å². The van der Waals surface area contributed by atoms with Crippen molar-refractivity contribution in [2.75, 3.05) is 0 Å². The number of allylic oxidation sites excluding steroid dienone is 1. The minimum Gasteiger partial charge on any atom is -0.299 e. The van der Waals surface area contributed by atoms with Crippen molar-refractivity contribution in [2.45, 2.75) is 39.5 Å². The number of hydrogen-bond acceptors (Lipinski definition) is 0. The fraction of sp³-hybridized carbons (Fsp3) is 0.750. The second-order valence-electron chi connectivity index (χ2n) is 2.23. The third kappa shape index (κ3) is 4.07. The summed E-state index contributed by atoms with van der Waals surface area (Å²) in [6.07, 6.45) is 5.24. The molecule has 0 rings (SSSR count). The first-order valence-electron chi connectivity index (χ1n) is 3.65. The van der Waals surface area contributed by atoms with Crippen LogP contribution in [0.3, 0.4) is 0 Å². The van der Waals surface area contributed by atoms with Crippen LogP contribution >= 0.6 is 0 Å². The van der Waals surface area contributed by atoms with Crippen LogP contribution < -0.4 is 0 Å². The molecule has 53 valence electrons. The second kappa shape index (κ2) is 5.67. The molecule has 1 heteroatoms. The summed E-state index contributed by atoms with van der Waals surface area (Å²) >= 11 is 0. The Bertz CT molecular complexity index is 84.6. The van der Waals surface area contributed by atoms with Crippen molar-refractivity contribution in [3.05, 3.63) is 11.8 Å². The van der Waals surface area contributed by atoms with Crippen LogP contribution in [-0.4, -0.2) is 0 Å². The summed E-state index contributed by atoms with van der Waals surface area (Å²) in [6.45, 7) is 4.16. The van der Waals surface area contributed by atoms with Gasteiger partial charge in [0, 0.05) is 0 Å². The fourth-order valence-corrected chi connectivity index (χ4v) is 0.723. The highest BCUT2D eigenvalue weighted by Crippen LogP contribution is 2.09. The van der Waals surface area contributed by atoms with Gasteiger partial charge in [-0.15, -0.1) is 0 Å². The molecular weight excluding hydrogens is 112 g/mol. The zero-order valence-corrected chi connectivity index (χ0v) is 6.31. The zero-order chi connectivity index (χ0) is 7.11. The molecule has 0 saturated heterocycles. The molecule has 0 aliphatic carbocycles. The average Bonchev–Trinajstić information content (AvgIpc) is 1.91. The van der Waals surface area contributed by atoms with Crippen LogP contribution in [-0.2, 0) is 5.11 Å². The van der Waals surface area contributed by atoms with E-state index in [4.69, 9.17) is 0 Å². The van der Waals surface area contributed by atoms with E-state index in [0.29, 0.717) is 0 Å². The van der Waals surface area contributed by atoms with Gasteiger partial charge in [-0.25, -0.2) is 0 Å². The molecule has 0 bridgehead atoms. The van der Waals surface area contributed by atoms with E-state index in [-0.39, 0.29) is 0 Å². The normalized spacial score (nSPS) is 12.0. The molecule has 0 unspecified atom stereocenters. The minimum absolute atomic E-state index is 0.920. The maximum Gasteiger partial charge on any atom is 0.142 e. The summed E-state index contributed by atoms with van der Waals surface area (Å²) in [5.74, 6) is 0. The van der Waals surface area contributed by atoms with Gasteiger partial charge in [0.25, 0.3) is 0 Å². The molecule has 0 spiro atoms. The molecule has 9 heavy (non-hydrogen) atoms. The van der Waals surface area contributed by atoms with Crippen LogP contribution in [0.25, 0.3) is 0 Å². The summed E-state index contributed by atoms with van der Waals surface area (Å²) in [5.41, 5.74) is 1.05. The minimum atomic E-state index is 0.920. The maximum atomic E-state index is 10.2. The maximum absolute atomic E-state index is 10.2. The lowest BCUT2D eigenvalue weighted by Gasteiger charge is -1.97. The topological polar surface area (TPSA) is 19.9 Å². The molecular formula is C8H15O.